The molecule has 1 rings (SSSR count). The third kappa shape index (κ3) is 5.84. The number of aliphatic hydroxyl groups excluding tert-OH is 3. The van der Waals surface area contributed by atoms with E-state index in [1.165, 1.54) is 0 Å². The lowest BCUT2D eigenvalue weighted by atomic mass is 9.88. The normalized spacial score (nSPS) is 29.3. The first-order chi connectivity index (χ1) is 12.9. The average Bonchev–Trinajstić information content (AvgIpc) is 2.60. The van der Waals surface area contributed by atoms with Crippen LogP contribution in [0.2, 0.25) is 0 Å². The molecule has 28 heavy (non-hydrogen) atoms. The smallest absolute Gasteiger partial charge is 0.364 e. The van der Waals surface area contributed by atoms with Crippen LogP contribution >= 0.6 is 0 Å². The molecule has 0 aromatic carbocycles. The number of rotatable bonds is 8. The summed E-state index contributed by atoms with van der Waals surface area (Å²) in [5, 5.41) is 50.0. The molecular weight excluding hydrogens is 386 g/mol. The van der Waals surface area contributed by atoms with Crippen molar-refractivity contribution < 1.29 is 58.9 Å². The Bertz CT molecular complexity index is 610. The zero-order chi connectivity index (χ0) is 21.6. The molecule has 1 amide bonds. The molecule has 0 radical (unpaired) electrons. The van der Waals surface area contributed by atoms with Gasteiger partial charge < -0.3 is 45.1 Å². The van der Waals surface area contributed by atoms with Gasteiger partial charge in [-0.15, -0.1) is 0 Å². The molecule has 160 valence electrons. The maximum atomic E-state index is 11.7. The van der Waals surface area contributed by atoms with Crippen molar-refractivity contribution in [2.75, 3.05) is 13.2 Å². The molecule has 13 nitrogen and oxygen atoms in total. The zero-order valence-corrected chi connectivity index (χ0v) is 15.1. The minimum Gasteiger partial charge on any atom is -0.477 e. The minimum atomic E-state index is -2.93. The number of aliphatic carboxylic acids is 1. The largest absolute Gasteiger partial charge is 0.477 e. The molecule has 0 bridgehead atoms. The van der Waals surface area contributed by atoms with Gasteiger partial charge in [-0.1, -0.05) is 0 Å². The Morgan fingerprint density at radius 1 is 1.21 bits per heavy atom. The first-order valence-electron chi connectivity index (χ1n) is 8.12. The molecule has 3 unspecified atom stereocenters. The number of ether oxygens (including phenoxy) is 3. The van der Waals surface area contributed by atoms with Crippen LogP contribution in [0.15, 0.2) is 0 Å². The maximum absolute atomic E-state index is 11.7. The van der Waals surface area contributed by atoms with E-state index in [1.807, 2.05) is 0 Å². The average molecular weight is 409 g/mol. The number of amides is 1. The van der Waals surface area contributed by atoms with E-state index in [4.69, 9.17) is 19.3 Å². The van der Waals surface area contributed by atoms with E-state index in [-0.39, 0.29) is 0 Å². The fraction of sp³-hybridized carbons (Fsp3) is 0.733. The lowest BCUT2D eigenvalue weighted by molar-refractivity contribution is -0.297. The molecule has 0 aromatic rings. The SMILES string of the molecule is CC(=O)OC(C(O)CO)[C@@H]1OC(O)(C(=O)O)C[C@H](OC(C)=O)[C@H]1NC(=O)CO. The summed E-state index contributed by atoms with van der Waals surface area (Å²) in [5.41, 5.74) is 0. The fourth-order valence-corrected chi connectivity index (χ4v) is 2.76. The van der Waals surface area contributed by atoms with Gasteiger partial charge in [0.2, 0.25) is 5.91 Å². The Balaban J connectivity index is 3.44. The van der Waals surface area contributed by atoms with Gasteiger partial charge in [-0.3, -0.25) is 14.4 Å². The number of aliphatic hydroxyl groups is 4. The van der Waals surface area contributed by atoms with Crippen molar-refractivity contribution in [3.05, 3.63) is 0 Å². The van der Waals surface area contributed by atoms with Crippen LogP contribution in [0.1, 0.15) is 20.3 Å². The quantitative estimate of drug-likeness (QED) is 0.214. The van der Waals surface area contributed by atoms with Crippen molar-refractivity contribution in [1.82, 2.24) is 5.32 Å². The molecule has 1 saturated heterocycles. The second kappa shape index (κ2) is 9.75. The van der Waals surface area contributed by atoms with Crippen LogP contribution in [0.4, 0.5) is 0 Å². The molecule has 0 aliphatic carbocycles. The molecule has 1 aliphatic rings. The van der Waals surface area contributed by atoms with Gasteiger partial charge >= 0.3 is 17.9 Å². The highest BCUT2D eigenvalue weighted by atomic mass is 16.7. The highest BCUT2D eigenvalue weighted by Crippen LogP contribution is 2.33. The summed E-state index contributed by atoms with van der Waals surface area (Å²) in [6.45, 7) is -0.0162. The van der Waals surface area contributed by atoms with Gasteiger partial charge in [-0.05, 0) is 0 Å². The molecule has 0 aromatic heterocycles. The summed E-state index contributed by atoms with van der Waals surface area (Å²) in [4.78, 5) is 45.9. The standard InChI is InChI=1S/C15H23NO12/c1-6(19)26-9-3-15(25,14(23)24)28-13(11(9)16-10(22)5-18)12(8(21)4-17)27-7(2)20/h8-9,11-13,17-18,21,25H,3-5H2,1-2H3,(H,16,22)(H,23,24)/t8?,9-,11+,12?,13+,15?/m0/s1. The van der Waals surface area contributed by atoms with Gasteiger partial charge in [-0.2, -0.15) is 0 Å². The van der Waals surface area contributed by atoms with Crippen LogP contribution in [-0.4, -0.2) is 98.8 Å². The van der Waals surface area contributed by atoms with Crippen LogP contribution in [0.5, 0.6) is 0 Å². The number of hydrogen-bond acceptors (Lipinski definition) is 11. The van der Waals surface area contributed by atoms with E-state index in [9.17, 15) is 39.6 Å². The molecule has 13 heteroatoms. The van der Waals surface area contributed by atoms with Gasteiger partial charge in [0, 0.05) is 13.8 Å². The van der Waals surface area contributed by atoms with Crippen LogP contribution < -0.4 is 5.32 Å². The molecule has 0 spiro atoms. The second-order valence-corrected chi connectivity index (χ2v) is 6.10. The molecular formula is C15H23NO12. The molecule has 1 aliphatic heterocycles. The Morgan fingerprint density at radius 2 is 1.82 bits per heavy atom. The second-order valence-electron chi connectivity index (χ2n) is 6.10. The predicted octanol–water partition coefficient (Wildman–Crippen LogP) is -3.76. The fourth-order valence-electron chi connectivity index (χ4n) is 2.76. The molecule has 6 atom stereocenters. The van der Waals surface area contributed by atoms with Gasteiger partial charge in [0.15, 0.2) is 6.10 Å². The Kier molecular flexibility index (Phi) is 8.26. The molecule has 0 saturated carbocycles. The number of esters is 2. The van der Waals surface area contributed by atoms with Crippen LogP contribution in [0.3, 0.4) is 0 Å². The maximum Gasteiger partial charge on any atom is 0.364 e. The number of carbonyl (C=O) groups is 4. The highest BCUT2D eigenvalue weighted by Gasteiger charge is 2.56. The Labute approximate surface area is 158 Å². The van der Waals surface area contributed by atoms with Crippen molar-refractivity contribution in [1.29, 1.82) is 0 Å². The molecule has 1 fully saturated rings. The summed E-state index contributed by atoms with van der Waals surface area (Å²) in [6, 6.07) is -1.45. The Morgan fingerprint density at radius 3 is 2.25 bits per heavy atom. The first-order valence-corrected chi connectivity index (χ1v) is 8.12. The number of nitrogens with one attached hydrogen (secondary N) is 1. The van der Waals surface area contributed by atoms with Crippen molar-refractivity contribution in [3.8, 4) is 0 Å². The van der Waals surface area contributed by atoms with Crippen LogP contribution in [0, 0.1) is 0 Å². The topological polar surface area (TPSA) is 209 Å². The summed E-state index contributed by atoms with van der Waals surface area (Å²) >= 11 is 0. The lowest BCUT2D eigenvalue weighted by Crippen LogP contribution is -2.68. The third-order valence-electron chi connectivity index (χ3n) is 3.88. The summed E-state index contributed by atoms with van der Waals surface area (Å²) in [7, 11) is 0. The third-order valence-corrected chi connectivity index (χ3v) is 3.88. The lowest BCUT2D eigenvalue weighted by Gasteiger charge is -2.46. The van der Waals surface area contributed by atoms with E-state index in [1.54, 1.807) is 0 Å². The zero-order valence-electron chi connectivity index (χ0n) is 15.1. The van der Waals surface area contributed by atoms with Gasteiger partial charge in [-0.25, -0.2) is 4.79 Å². The monoisotopic (exact) mass is 409 g/mol. The van der Waals surface area contributed by atoms with Gasteiger partial charge in [0.05, 0.1) is 19.1 Å². The van der Waals surface area contributed by atoms with Crippen LogP contribution in [-0.2, 0) is 33.4 Å². The summed E-state index contributed by atoms with van der Waals surface area (Å²) in [6.07, 6.45) is -7.68. The van der Waals surface area contributed by atoms with E-state index in [2.05, 4.69) is 5.32 Å². The molecule has 1 heterocycles. The Hall–Kier alpha value is -2.32. The van der Waals surface area contributed by atoms with Crippen LogP contribution in [0.25, 0.3) is 0 Å². The van der Waals surface area contributed by atoms with Crippen molar-refractivity contribution in [2.45, 2.75) is 56.5 Å². The van der Waals surface area contributed by atoms with Crippen molar-refractivity contribution >= 4 is 23.8 Å². The molecule has 6 N–H and O–H groups in total. The van der Waals surface area contributed by atoms with Crippen molar-refractivity contribution in [3.63, 3.8) is 0 Å². The number of hydrogen-bond donors (Lipinski definition) is 6. The van der Waals surface area contributed by atoms with Gasteiger partial charge in [0.25, 0.3) is 5.79 Å². The minimum absolute atomic E-state index is 0.823. The summed E-state index contributed by atoms with van der Waals surface area (Å²) in [5.74, 6) is -7.65. The number of carbonyl (C=O) groups excluding carboxylic acids is 3. The van der Waals surface area contributed by atoms with E-state index in [0.717, 1.165) is 13.8 Å². The summed E-state index contributed by atoms with van der Waals surface area (Å²) < 4.78 is 15.0. The first kappa shape index (κ1) is 23.7. The van der Waals surface area contributed by atoms with E-state index < -0.39 is 79.7 Å². The number of carboxylic acids is 1. The van der Waals surface area contributed by atoms with E-state index >= 15 is 0 Å². The van der Waals surface area contributed by atoms with Crippen molar-refractivity contribution in [2.24, 2.45) is 0 Å². The highest BCUT2D eigenvalue weighted by molar-refractivity contribution is 5.78. The van der Waals surface area contributed by atoms with E-state index in [0.29, 0.717) is 0 Å². The number of carboxylic acid groups (broad SMARTS) is 1. The van der Waals surface area contributed by atoms with Gasteiger partial charge in [0.1, 0.15) is 24.9 Å². The predicted molar refractivity (Wildman–Crippen MR) is 85.3 cm³/mol.